The van der Waals surface area contributed by atoms with E-state index in [1.807, 2.05) is 0 Å². The first-order chi connectivity index (χ1) is 6.98. The summed E-state index contributed by atoms with van der Waals surface area (Å²) in [6.07, 6.45) is 0.994. The van der Waals surface area contributed by atoms with Gasteiger partial charge in [-0.15, -0.1) is 11.6 Å². The molecule has 0 aromatic rings. The highest BCUT2D eigenvalue weighted by molar-refractivity contribution is 7.89. The molecule has 1 N–H and O–H groups in total. The first kappa shape index (κ1) is 15.2. The molecule has 0 aliphatic rings. The maximum atomic E-state index is 11.1. The fraction of sp³-hybridized carbons (Fsp3) is 1.00. The first-order valence-electron chi connectivity index (χ1n) is 5.09. The summed E-state index contributed by atoms with van der Waals surface area (Å²) in [4.78, 5) is 0. The van der Waals surface area contributed by atoms with Crippen molar-refractivity contribution in [1.82, 2.24) is 4.72 Å². The maximum Gasteiger partial charge on any atom is 0.212 e. The minimum atomic E-state index is -3.20. The predicted octanol–water partition coefficient (Wildman–Crippen LogP) is 1.21. The molecule has 15 heavy (non-hydrogen) atoms. The fourth-order valence-corrected chi connectivity index (χ4v) is 2.22. The molecular weight excluding hydrogens is 238 g/mol. The van der Waals surface area contributed by atoms with Gasteiger partial charge in [0.05, 0.1) is 12.4 Å². The van der Waals surface area contributed by atoms with Crippen molar-refractivity contribution in [3.05, 3.63) is 0 Å². The zero-order chi connectivity index (χ0) is 11.7. The summed E-state index contributed by atoms with van der Waals surface area (Å²) >= 11 is 5.33. The number of rotatable bonds is 9. The van der Waals surface area contributed by atoms with E-state index in [0.717, 1.165) is 6.42 Å². The summed E-state index contributed by atoms with van der Waals surface area (Å²) in [5.41, 5.74) is 0. The molecule has 0 heterocycles. The summed E-state index contributed by atoms with van der Waals surface area (Å²) in [7, 11) is -3.20. The fourth-order valence-electron chi connectivity index (χ4n) is 0.864. The van der Waals surface area contributed by atoms with E-state index in [4.69, 9.17) is 16.3 Å². The van der Waals surface area contributed by atoms with Gasteiger partial charge in [-0.2, -0.15) is 0 Å². The van der Waals surface area contributed by atoms with Crippen LogP contribution >= 0.6 is 11.6 Å². The second-order valence-corrected chi connectivity index (χ2v) is 6.00. The molecule has 0 aromatic heterocycles. The molecule has 0 aliphatic heterocycles. The SMILES string of the molecule is CC(C)CCOCCNS(=O)(=O)CCCl. The van der Waals surface area contributed by atoms with Gasteiger partial charge in [0.1, 0.15) is 0 Å². The zero-order valence-electron chi connectivity index (χ0n) is 9.33. The molecule has 0 aromatic carbocycles. The van der Waals surface area contributed by atoms with E-state index in [1.54, 1.807) is 0 Å². The topological polar surface area (TPSA) is 55.4 Å². The summed E-state index contributed by atoms with van der Waals surface area (Å²) in [6.45, 7) is 5.64. The van der Waals surface area contributed by atoms with E-state index in [9.17, 15) is 8.42 Å². The van der Waals surface area contributed by atoms with Crippen LogP contribution in [0.1, 0.15) is 20.3 Å². The number of nitrogens with one attached hydrogen (secondary N) is 1. The van der Waals surface area contributed by atoms with Gasteiger partial charge in [-0.3, -0.25) is 0 Å². The Labute approximate surface area is 97.4 Å². The molecule has 0 amide bonds. The predicted molar refractivity (Wildman–Crippen MR) is 62.8 cm³/mol. The van der Waals surface area contributed by atoms with Gasteiger partial charge >= 0.3 is 0 Å². The lowest BCUT2D eigenvalue weighted by atomic mass is 10.1. The zero-order valence-corrected chi connectivity index (χ0v) is 10.9. The van der Waals surface area contributed by atoms with Crippen LogP contribution in [0.3, 0.4) is 0 Å². The normalized spacial score (nSPS) is 12.3. The molecule has 0 bridgehead atoms. The van der Waals surface area contributed by atoms with Gasteiger partial charge in [0.2, 0.25) is 10.0 Å². The Morgan fingerprint density at radius 3 is 2.53 bits per heavy atom. The Kier molecular flexibility index (Phi) is 8.42. The van der Waals surface area contributed by atoms with E-state index < -0.39 is 10.0 Å². The number of halogens is 1. The molecule has 0 fully saturated rings. The quantitative estimate of drug-likeness (QED) is 0.499. The lowest BCUT2D eigenvalue weighted by Crippen LogP contribution is -2.30. The van der Waals surface area contributed by atoms with Gasteiger partial charge in [-0.25, -0.2) is 13.1 Å². The van der Waals surface area contributed by atoms with Crippen LogP contribution in [0.25, 0.3) is 0 Å². The highest BCUT2D eigenvalue weighted by Gasteiger charge is 2.07. The van der Waals surface area contributed by atoms with Crippen LogP contribution in [0.15, 0.2) is 0 Å². The number of sulfonamides is 1. The van der Waals surface area contributed by atoms with Crippen molar-refractivity contribution < 1.29 is 13.2 Å². The third-order valence-corrected chi connectivity index (χ3v) is 3.55. The van der Waals surface area contributed by atoms with Crippen LogP contribution in [0.2, 0.25) is 0 Å². The summed E-state index contributed by atoms with van der Waals surface area (Å²) in [6, 6.07) is 0. The molecule has 92 valence electrons. The highest BCUT2D eigenvalue weighted by atomic mass is 35.5. The monoisotopic (exact) mass is 257 g/mol. The molecule has 0 unspecified atom stereocenters. The summed E-state index contributed by atoms with van der Waals surface area (Å²) in [5.74, 6) is 0.683. The third kappa shape index (κ3) is 10.4. The second-order valence-electron chi connectivity index (χ2n) is 3.70. The van der Waals surface area contributed by atoms with Gasteiger partial charge in [-0.1, -0.05) is 13.8 Å². The van der Waals surface area contributed by atoms with Gasteiger partial charge in [0, 0.05) is 19.0 Å². The van der Waals surface area contributed by atoms with E-state index in [-0.39, 0.29) is 11.6 Å². The van der Waals surface area contributed by atoms with E-state index >= 15 is 0 Å². The average molecular weight is 258 g/mol. The number of alkyl halides is 1. The number of hydrogen-bond acceptors (Lipinski definition) is 3. The molecule has 6 heteroatoms. The smallest absolute Gasteiger partial charge is 0.212 e. The lowest BCUT2D eigenvalue weighted by molar-refractivity contribution is 0.128. The van der Waals surface area contributed by atoms with Crippen LogP contribution in [0.5, 0.6) is 0 Å². The van der Waals surface area contributed by atoms with Crippen molar-refractivity contribution in [3.8, 4) is 0 Å². The first-order valence-corrected chi connectivity index (χ1v) is 7.27. The molecule has 0 saturated carbocycles. The summed E-state index contributed by atoms with van der Waals surface area (Å²) in [5, 5.41) is 0. The molecular formula is C9H20ClNO3S. The number of hydrogen-bond donors (Lipinski definition) is 1. The largest absolute Gasteiger partial charge is 0.380 e. The molecule has 0 saturated heterocycles. The van der Waals surface area contributed by atoms with E-state index in [1.165, 1.54) is 0 Å². The minimum absolute atomic E-state index is 0.0411. The van der Waals surface area contributed by atoms with Crippen molar-refractivity contribution in [1.29, 1.82) is 0 Å². The third-order valence-electron chi connectivity index (χ3n) is 1.75. The standard InChI is InChI=1S/C9H20ClNO3S/c1-9(2)3-6-14-7-5-11-15(12,13)8-4-10/h9,11H,3-8H2,1-2H3. The highest BCUT2D eigenvalue weighted by Crippen LogP contribution is 1.98. The van der Waals surface area contributed by atoms with Crippen LogP contribution in [-0.4, -0.2) is 39.8 Å². The maximum absolute atomic E-state index is 11.1. The number of ether oxygens (including phenoxy) is 1. The molecule has 0 aliphatic carbocycles. The van der Waals surface area contributed by atoms with Crippen molar-refractivity contribution in [2.75, 3.05) is 31.4 Å². The van der Waals surface area contributed by atoms with Crippen molar-refractivity contribution in [2.45, 2.75) is 20.3 Å². The van der Waals surface area contributed by atoms with Crippen LogP contribution in [-0.2, 0) is 14.8 Å². The second kappa shape index (κ2) is 8.33. The van der Waals surface area contributed by atoms with E-state index in [2.05, 4.69) is 18.6 Å². The van der Waals surface area contributed by atoms with E-state index in [0.29, 0.717) is 25.7 Å². The molecule has 0 atom stereocenters. The lowest BCUT2D eigenvalue weighted by Gasteiger charge is -2.07. The Hall–Kier alpha value is 0.160. The molecule has 0 spiro atoms. The Balaban J connectivity index is 3.38. The molecule has 0 rings (SSSR count). The van der Waals surface area contributed by atoms with Gasteiger partial charge < -0.3 is 4.74 Å². The van der Waals surface area contributed by atoms with Gasteiger partial charge in [0.15, 0.2) is 0 Å². The molecule has 4 nitrogen and oxygen atoms in total. The van der Waals surface area contributed by atoms with Crippen molar-refractivity contribution >= 4 is 21.6 Å². The molecule has 0 radical (unpaired) electrons. The van der Waals surface area contributed by atoms with Crippen molar-refractivity contribution in [3.63, 3.8) is 0 Å². The van der Waals surface area contributed by atoms with Crippen LogP contribution < -0.4 is 4.72 Å². The van der Waals surface area contributed by atoms with Crippen LogP contribution in [0, 0.1) is 5.92 Å². The van der Waals surface area contributed by atoms with Gasteiger partial charge in [0.25, 0.3) is 0 Å². The minimum Gasteiger partial charge on any atom is -0.380 e. The van der Waals surface area contributed by atoms with Gasteiger partial charge in [-0.05, 0) is 12.3 Å². The summed E-state index contributed by atoms with van der Waals surface area (Å²) < 4.78 is 29.9. The Morgan fingerprint density at radius 1 is 1.33 bits per heavy atom. The Morgan fingerprint density at radius 2 is 2.00 bits per heavy atom. The van der Waals surface area contributed by atoms with Crippen LogP contribution in [0.4, 0.5) is 0 Å². The van der Waals surface area contributed by atoms with Crippen molar-refractivity contribution in [2.24, 2.45) is 5.92 Å². The average Bonchev–Trinajstić information content (AvgIpc) is 2.10. The Bertz CT molecular complexity index is 242.